The lowest BCUT2D eigenvalue weighted by Gasteiger charge is -2.12. The third-order valence-corrected chi connectivity index (χ3v) is 2.68. The number of alkyl halides is 3. The fourth-order valence-electron chi connectivity index (χ4n) is 1.68. The van der Waals surface area contributed by atoms with Crippen LogP contribution >= 0.6 is 0 Å². The van der Waals surface area contributed by atoms with E-state index < -0.39 is 11.9 Å². The molecule has 0 saturated heterocycles. The number of aliphatic hydroxyl groups excluding tert-OH is 1. The molecule has 0 saturated carbocycles. The van der Waals surface area contributed by atoms with E-state index >= 15 is 0 Å². The highest BCUT2D eigenvalue weighted by molar-refractivity contribution is 5.57. The van der Waals surface area contributed by atoms with Gasteiger partial charge in [0.1, 0.15) is 5.82 Å². The van der Waals surface area contributed by atoms with Crippen LogP contribution in [0.1, 0.15) is 12.1 Å². The third-order valence-electron chi connectivity index (χ3n) is 2.68. The zero-order valence-corrected chi connectivity index (χ0v) is 11.6. The Morgan fingerprint density at radius 1 is 1.09 bits per heavy atom. The summed E-state index contributed by atoms with van der Waals surface area (Å²) in [6.07, 6.45) is -4.18. The molecular weight excluding hydrogens is 297 g/mol. The summed E-state index contributed by atoms with van der Waals surface area (Å²) in [5.74, 6) is -0.0956. The maximum atomic E-state index is 12.9. The number of para-hydroxylation sites is 1. The average molecular weight is 312 g/mol. The minimum Gasteiger partial charge on any atom is -0.396 e. The summed E-state index contributed by atoms with van der Waals surface area (Å²) < 4.78 is 38.7. The molecule has 5 nitrogen and oxygen atoms in total. The molecule has 0 radical (unpaired) electrons. The van der Waals surface area contributed by atoms with Crippen LogP contribution in [0.15, 0.2) is 36.4 Å². The molecule has 22 heavy (non-hydrogen) atoms. The van der Waals surface area contributed by atoms with Gasteiger partial charge in [-0.25, -0.2) is 4.98 Å². The highest BCUT2D eigenvalue weighted by Crippen LogP contribution is 2.30. The summed E-state index contributed by atoms with van der Waals surface area (Å²) in [5, 5.41) is 14.2. The number of aliphatic hydroxyl groups is 1. The Balaban J connectivity index is 2.25. The SMILES string of the molecule is OCCCNc1nc(Nc2ccccc2)cc(C(F)(F)F)n1. The highest BCUT2D eigenvalue weighted by atomic mass is 19.4. The molecule has 3 N–H and O–H groups in total. The molecule has 1 heterocycles. The monoisotopic (exact) mass is 312 g/mol. The first-order valence-electron chi connectivity index (χ1n) is 6.62. The van der Waals surface area contributed by atoms with Crippen molar-refractivity contribution in [3.05, 3.63) is 42.1 Å². The summed E-state index contributed by atoms with van der Waals surface area (Å²) in [7, 11) is 0. The van der Waals surface area contributed by atoms with Crippen LogP contribution in [0.3, 0.4) is 0 Å². The molecule has 0 aliphatic carbocycles. The number of benzene rings is 1. The molecular formula is C14H15F3N4O. The van der Waals surface area contributed by atoms with Crippen LogP contribution in [-0.2, 0) is 6.18 Å². The number of hydrogen-bond donors (Lipinski definition) is 3. The van der Waals surface area contributed by atoms with E-state index in [1.807, 2.05) is 0 Å². The van der Waals surface area contributed by atoms with Gasteiger partial charge in [-0.05, 0) is 18.6 Å². The Labute approximate surface area is 125 Å². The van der Waals surface area contributed by atoms with Gasteiger partial charge in [0, 0.05) is 24.9 Å². The van der Waals surface area contributed by atoms with Crippen LogP contribution < -0.4 is 10.6 Å². The number of nitrogens with zero attached hydrogens (tertiary/aromatic N) is 2. The van der Waals surface area contributed by atoms with E-state index in [9.17, 15) is 13.2 Å². The number of nitrogens with one attached hydrogen (secondary N) is 2. The number of rotatable bonds is 6. The summed E-state index contributed by atoms with van der Waals surface area (Å²) in [6, 6.07) is 9.60. The minimum absolute atomic E-state index is 0.0417. The number of halogens is 3. The summed E-state index contributed by atoms with van der Waals surface area (Å²) in [5.41, 5.74) is -0.414. The average Bonchev–Trinajstić information content (AvgIpc) is 2.47. The van der Waals surface area contributed by atoms with E-state index in [0.29, 0.717) is 12.1 Å². The van der Waals surface area contributed by atoms with Crippen LogP contribution in [0.25, 0.3) is 0 Å². The van der Waals surface area contributed by atoms with E-state index in [4.69, 9.17) is 5.11 Å². The van der Waals surface area contributed by atoms with Crippen molar-refractivity contribution in [2.24, 2.45) is 0 Å². The van der Waals surface area contributed by atoms with Crippen molar-refractivity contribution in [2.45, 2.75) is 12.6 Å². The third kappa shape index (κ3) is 4.59. The predicted octanol–water partition coefficient (Wildman–Crippen LogP) is 3.03. The fourth-order valence-corrected chi connectivity index (χ4v) is 1.68. The van der Waals surface area contributed by atoms with Gasteiger partial charge in [-0.15, -0.1) is 0 Å². The molecule has 8 heteroatoms. The van der Waals surface area contributed by atoms with Crippen molar-refractivity contribution >= 4 is 17.5 Å². The molecule has 0 aliphatic rings. The van der Waals surface area contributed by atoms with Gasteiger partial charge in [0.2, 0.25) is 5.95 Å². The molecule has 1 aromatic heterocycles. The van der Waals surface area contributed by atoms with Crippen molar-refractivity contribution < 1.29 is 18.3 Å². The minimum atomic E-state index is -4.57. The first-order valence-corrected chi connectivity index (χ1v) is 6.62. The van der Waals surface area contributed by atoms with Gasteiger partial charge >= 0.3 is 6.18 Å². The number of aromatic nitrogens is 2. The highest BCUT2D eigenvalue weighted by Gasteiger charge is 2.33. The van der Waals surface area contributed by atoms with Crippen molar-refractivity contribution in [3.8, 4) is 0 Å². The number of anilines is 3. The van der Waals surface area contributed by atoms with E-state index in [0.717, 1.165) is 6.07 Å². The molecule has 0 bridgehead atoms. The van der Waals surface area contributed by atoms with Gasteiger partial charge < -0.3 is 15.7 Å². The van der Waals surface area contributed by atoms with E-state index in [-0.39, 0.29) is 24.9 Å². The maximum Gasteiger partial charge on any atom is 0.433 e. The Morgan fingerprint density at radius 3 is 2.45 bits per heavy atom. The molecule has 2 rings (SSSR count). The molecule has 118 valence electrons. The van der Waals surface area contributed by atoms with E-state index in [2.05, 4.69) is 20.6 Å². The van der Waals surface area contributed by atoms with E-state index in [1.54, 1.807) is 30.3 Å². The quantitative estimate of drug-likeness (QED) is 0.715. The molecule has 1 aromatic carbocycles. The van der Waals surface area contributed by atoms with Crippen LogP contribution in [-0.4, -0.2) is 28.2 Å². The molecule has 0 aliphatic heterocycles. The van der Waals surface area contributed by atoms with Crippen molar-refractivity contribution in [3.63, 3.8) is 0 Å². The van der Waals surface area contributed by atoms with Crippen molar-refractivity contribution in [2.75, 3.05) is 23.8 Å². The topological polar surface area (TPSA) is 70.1 Å². The Morgan fingerprint density at radius 2 is 1.82 bits per heavy atom. The van der Waals surface area contributed by atoms with Gasteiger partial charge in [-0.1, -0.05) is 18.2 Å². The second kappa shape index (κ2) is 7.08. The first kappa shape index (κ1) is 16.0. The standard InChI is InChI=1S/C14H15F3N4O/c15-14(16,17)11-9-12(19-10-5-2-1-3-6-10)21-13(20-11)18-7-4-8-22/h1-3,5-6,9,22H,4,7-8H2,(H2,18,19,20,21). The maximum absolute atomic E-state index is 12.9. The molecule has 0 fully saturated rings. The van der Waals surface area contributed by atoms with Gasteiger partial charge in [0.25, 0.3) is 0 Å². The molecule has 0 amide bonds. The first-order chi connectivity index (χ1) is 10.5. The summed E-state index contributed by atoms with van der Waals surface area (Å²) >= 11 is 0. The lowest BCUT2D eigenvalue weighted by molar-refractivity contribution is -0.141. The Bertz CT molecular complexity index is 605. The van der Waals surface area contributed by atoms with Gasteiger partial charge in [0.15, 0.2) is 5.69 Å². The van der Waals surface area contributed by atoms with Crippen LogP contribution in [0.2, 0.25) is 0 Å². The van der Waals surface area contributed by atoms with E-state index in [1.165, 1.54) is 0 Å². The van der Waals surface area contributed by atoms with Gasteiger partial charge in [0.05, 0.1) is 0 Å². The van der Waals surface area contributed by atoms with Crippen LogP contribution in [0.4, 0.5) is 30.6 Å². The van der Waals surface area contributed by atoms with Gasteiger partial charge in [-0.2, -0.15) is 18.2 Å². The smallest absolute Gasteiger partial charge is 0.396 e. The van der Waals surface area contributed by atoms with Crippen molar-refractivity contribution in [1.82, 2.24) is 9.97 Å². The second-order valence-electron chi connectivity index (χ2n) is 4.45. The number of hydrogen-bond acceptors (Lipinski definition) is 5. The molecule has 0 spiro atoms. The van der Waals surface area contributed by atoms with Crippen molar-refractivity contribution in [1.29, 1.82) is 0 Å². The Hall–Kier alpha value is -2.35. The lowest BCUT2D eigenvalue weighted by atomic mass is 10.3. The second-order valence-corrected chi connectivity index (χ2v) is 4.45. The van der Waals surface area contributed by atoms with Crippen LogP contribution in [0.5, 0.6) is 0 Å². The van der Waals surface area contributed by atoms with Crippen LogP contribution in [0, 0.1) is 0 Å². The largest absolute Gasteiger partial charge is 0.433 e. The fraction of sp³-hybridized carbons (Fsp3) is 0.286. The summed E-state index contributed by atoms with van der Waals surface area (Å²) in [6.45, 7) is 0.212. The lowest BCUT2D eigenvalue weighted by Crippen LogP contribution is -2.14. The zero-order chi connectivity index (χ0) is 16.0. The molecule has 0 atom stereocenters. The Kier molecular flexibility index (Phi) is 5.16. The molecule has 0 unspecified atom stereocenters. The predicted molar refractivity (Wildman–Crippen MR) is 77.0 cm³/mol. The zero-order valence-electron chi connectivity index (χ0n) is 11.6. The normalized spacial score (nSPS) is 11.3. The van der Waals surface area contributed by atoms with Gasteiger partial charge in [-0.3, -0.25) is 0 Å². The summed E-state index contributed by atoms with van der Waals surface area (Å²) in [4.78, 5) is 7.45. The molecule has 2 aromatic rings.